The Labute approximate surface area is 151 Å². The first-order chi connectivity index (χ1) is 10.2. The zero-order chi connectivity index (χ0) is 14.7. The first-order valence-electron chi connectivity index (χ1n) is 6.73. The molecule has 0 aliphatic rings. The molecule has 2 aromatic carbocycles. The van der Waals surface area contributed by atoms with Crippen molar-refractivity contribution in [3.63, 3.8) is 0 Å². The second kappa shape index (κ2) is 7.07. The SMILES string of the molecule is BrC(c1ccc(Cc2ccccc2)cc1)c1csc(I)c1. The molecule has 0 saturated heterocycles. The van der Waals surface area contributed by atoms with Crippen molar-refractivity contribution < 1.29 is 0 Å². The van der Waals surface area contributed by atoms with E-state index in [2.05, 4.69) is 105 Å². The van der Waals surface area contributed by atoms with Crippen LogP contribution in [0.5, 0.6) is 0 Å². The van der Waals surface area contributed by atoms with Gasteiger partial charge >= 0.3 is 0 Å². The molecular formula is C18H14BrIS. The minimum Gasteiger partial charge on any atom is -0.137 e. The third-order valence-electron chi connectivity index (χ3n) is 3.40. The lowest BCUT2D eigenvalue weighted by molar-refractivity contribution is 1.15. The van der Waals surface area contributed by atoms with E-state index >= 15 is 0 Å². The van der Waals surface area contributed by atoms with Gasteiger partial charge in [0, 0.05) is 0 Å². The van der Waals surface area contributed by atoms with Crippen molar-refractivity contribution in [1.29, 1.82) is 0 Å². The maximum atomic E-state index is 3.80. The molecule has 1 atom stereocenters. The number of hydrogen-bond donors (Lipinski definition) is 0. The lowest BCUT2D eigenvalue weighted by Crippen LogP contribution is -1.92. The predicted octanol–water partition coefficient (Wildman–Crippen LogP) is 6.43. The number of thiophene rings is 1. The van der Waals surface area contributed by atoms with Gasteiger partial charge in [-0.15, -0.1) is 11.3 Å². The van der Waals surface area contributed by atoms with Crippen LogP contribution in [-0.2, 0) is 6.42 Å². The average Bonchev–Trinajstić information content (AvgIpc) is 2.95. The Balaban J connectivity index is 1.75. The van der Waals surface area contributed by atoms with E-state index in [1.807, 2.05) is 0 Å². The van der Waals surface area contributed by atoms with E-state index < -0.39 is 0 Å². The monoisotopic (exact) mass is 468 g/mol. The molecule has 21 heavy (non-hydrogen) atoms. The molecule has 0 bridgehead atoms. The Morgan fingerprint density at radius 1 is 0.905 bits per heavy atom. The van der Waals surface area contributed by atoms with Crippen LogP contribution in [0.2, 0.25) is 0 Å². The quantitative estimate of drug-likeness (QED) is 0.305. The van der Waals surface area contributed by atoms with Crippen LogP contribution in [-0.4, -0.2) is 0 Å². The highest BCUT2D eigenvalue weighted by atomic mass is 127. The van der Waals surface area contributed by atoms with Crippen LogP contribution < -0.4 is 0 Å². The van der Waals surface area contributed by atoms with E-state index in [1.54, 1.807) is 11.3 Å². The fourth-order valence-corrected chi connectivity index (χ4v) is 4.43. The van der Waals surface area contributed by atoms with Gasteiger partial charge in [-0.05, 0) is 62.7 Å². The van der Waals surface area contributed by atoms with Crippen LogP contribution in [0.1, 0.15) is 27.1 Å². The van der Waals surface area contributed by atoms with Gasteiger partial charge in [0.15, 0.2) is 0 Å². The van der Waals surface area contributed by atoms with Crippen molar-refractivity contribution in [2.45, 2.75) is 11.2 Å². The maximum Gasteiger partial charge on any atom is 0.0656 e. The normalized spacial score (nSPS) is 12.3. The first kappa shape index (κ1) is 15.3. The molecule has 0 spiro atoms. The molecule has 0 N–H and O–H groups in total. The highest BCUT2D eigenvalue weighted by Gasteiger charge is 2.11. The molecule has 1 heterocycles. The van der Waals surface area contributed by atoms with Crippen molar-refractivity contribution in [1.82, 2.24) is 0 Å². The molecule has 0 fully saturated rings. The Morgan fingerprint density at radius 2 is 1.57 bits per heavy atom. The molecule has 3 heteroatoms. The van der Waals surface area contributed by atoms with Gasteiger partial charge < -0.3 is 0 Å². The summed E-state index contributed by atoms with van der Waals surface area (Å²) in [6.07, 6.45) is 0.990. The summed E-state index contributed by atoms with van der Waals surface area (Å²) in [5, 5.41) is 2.22. The van der Waals surface area contributed by atoms with Crippen LogP contribution in [0.25, 0.3) is 0 Å². The van der Waals surface area contributed by atoms with Crippen LogP contribution >= 0.6 is 49.9 Å². The van der Waals surface area contributed by atoms with Crippen molar-refractivity contribution in [3.8, 4) is 0 Å². The molecule has 1 unspecified atom stereocenters. The Morgan fingerprint density at radius 3 is 2.19 bits per heavy atom. The summed E-state index contributed by atoms with van der Waals surface area (Å²) in [5.74, 6) is 0. The molecule has 0 radical (unpaired) electrons. The molecule has 0 nitrogen and oxygen atoms in total. The van der Waals surface area contributed by atoms with Gasteiger partial charge in [0.05, 0.1) is 7.71 Å². The second-order valence-corrected chi connectivity index (χ2v) is 8.67. The number of rotatable bonds is 4. The highest BCUT2D eigenvalue weighted by molar-refractivity contribution is 14.1. The summed E-state index contributed by atoms with van der Waals surface area (Å²) in [7, 11) is 0. The van der Waals surface area contributed by atoms with Crippen molar-refractivity contribution in [2.75, 3.05) is 0 Å². The highest BCUT2D eigenvalue weighted by Crippen LogP contribution is 2.34. The van der Waals surface area contributed by atoms with Crippen molar-refractivity contribution in [2.24, 2.45) is 0 Å². The molecule has 0 saturated carbocycles. The van der Waals surface area contributed by atoms with Gasteiger partial charge in [-0.2, -0.15) is 0 Å². The number of alkyl halides is 1. The minimum absolute atomic E-state index is 0.281. The van der Waals surface area contributed by atoms with Crippen LogP contribution in [0.4, 0.5) is 0 Å². The molecular weight excluding hydrogens is 455 g/mol. The molecule has 3 aromatic rings. The molecule has 106 valence electrons. The van der Waals surface area contributed by atoms with Gasteiger partial charge in [0.2, 0.25) is 0 Å². The second-order valence-electron chi connectivity index (χ2n) is 4.95. The Hall–Kier alpha value is -0.650. The third-order valence-corrected chi connectivity index (χ3v) is 6.27. The minimum atomic E-state index is 0.281. The lowest BCUT2D eigenvalue weighted by atomic mass is 10.0. The summed E-state index contributed by atoms with van der Waals surface area (Å²) in [4.78, 5) is 0.281. The molecule has 0 aliphatic heterocycles. The molecule has 0 amide bonds. The number of benzene rings is 2. The third kappa shape index (κ3) is 3.96. The van der Waals surface area contributed by atoms with E-state index in [9.17, 15) is 0 Å². The molecule has 1 aromatic heterocycles. The number of hydrogen-bond acceptors (Lipinski definition) is 1. The lowest BCUT2D eigenvalue weighted by Gasteiger charge is -2.09. The van der Waals surface area contributed by atoms with Gasteiger partial charge in [0.25, 0.3) is 0 Å². The van der Waals surface area contributed by atoms with E-state index in [1.165, 1.54) is 25.1 Å². The standard InChI is InChI=1S/C18H14BrIS/c19-18(16-11-17(20)21-12-16)15-8-6-14(7-9-15)10-13-4-2-1-3-5-13/h1-9,11-12,18H,10H2. The largest absolute Gasteiger partial charge is 0.137 e. The van der Waals surface area contributed by atoms with E-state index in [4.69, 9.17) is 0 Å². The molecule has 0 aliphatic carbocycles. The van der Waals surface area contributed by atoms with Crippen LogP contribution in [0.3, 0.4) is 0 Å². The predicted molar refractivity (Wildman–Crippen MR) is 103 cm³/mol. The summed E-state index contributed by atoms with van der Waals surface area (Å²) >= 11 is 7.96. The Bertz CT molecular complexity index is 704. The maximum absolute atomic E-state index is 3.80. The summed E-state index contributed by atoms with van der Waals surface area (Å²) in [5.41, 5.74) is 5.35. The van der Waals surface area contributed by atoms with Gasteiger partial charge in [-0.1, -0.05) is 70.5 Å². The summed E-state index contributed by atoms with van der Waals surface area (Å²) in [6, 6.07) is 21.7. The number of halogens is 2. The summed E-state index contributed by atoms with van der Waals surface area (Å²) < 4.78 is 1.33. The molecule has 3 rings (SSSR count). The van der Waals surface area contributed by atoms with Crippen molar-refractivity contribution >= 4 is 49.9 Å². The van der Waals surface area contributed by atoms with Gasteiger partial charge in [-0.3, -0.25) is 0 Å². The van der Waals surface area contributed by atoms with Gasteiger partial charge in [0.1, 0.15) is 0 Å². The smallest absolute Gasteiger partial charge is 0.0656 e. The van der Waals surface area contributed by atoms with E-state index in [0.717, 1.165) is 6.42 Å². The topological polar surface area (TPSA) is 0 Å². The van der Waals surface area contributed by atoms with Crippen molar-refractivity contribution in [3.05, 3.63) is 91.2 Å². The van der Waals surface area contributed by atoms with Crippen LogP contribution in [0, 0.1) is 2.88 Å². The first-order valence-corrected chi connectivity index (χ1v) is 9.60. The Kier molecular flexibility index (Phi) is 5.14. The van der Waals surface area contributed by atoms with E-state index in [-0.39, 0.29) is 4.83 Å². The average molecular weight is 469 g/mol. The van der Waals surface area contributed by atoms with E-state index in [0.29, 0.717) is 0 Å². The summed E-state index contributed by atoms with van der Waals surface area (Å²) in [6.45, 7) is 0. The zero-order valence-electron chi connectivity index (χ0n) is 11.3. The fourth-order valence-electron chi connectivity index (χ4n) is 2.28. The zero-order valence-corrected chi connectivity index (χ0v) is 15.9. The van der Waals surface area contributed by atoms with Gasteiger partial charge in [-0.25, -0.2) is 0 Å². The fraction of sp³-hybridized carbons (Fsp3) is 0.111. The van der Waals surface area contributed by atoms with Crippen LogP contribution in [0.15, 0.2) is 66.0 Å².